The number of carbonyl (C=O) groups is 1. The average molecular weight is 691 g/mol. The molecule has 1 aromatic heterocycles. The molecular formula is C40H57F3O6. The predicted molar refractivity (Wildman–Crippen MR) is 188 cm³/mol. The molecule has 2 N–H and O–H groups in total. The first-order valence-corrected chi connectivity index (χ1v) is 17.6. The molecule has 0 saturated carbocycles. The van der Waals surface area contributed by atoms with E-state index in [1.807, 2.05) is 27.7 Å². The summed E-state index contributed by atoms with van der Waals surface area (Å²) in [4.78, 5) is 13.2. The summed E-state index contributed by atoms with van der Waals surface area (Å²) < 4.78 is 59.5. The van der Waals surface area contributed by atoms with Gasteiger partial charge in [0.25, 0.3) is 0 Å². The van der Waals surface area contributed by atoms with Gasteiger partial charge in [0.15, 0.2) is 0 Å². The first-order chi connectivity index (χ1) is 22.8. The van der Waals surface area contributed by atoms with Gasteiger partial charge in [0.2, 0.25) is 0 Å². The molecule has 49 heavy (non-hydrogen) atoms. The molecule has 0 aliphatic rings. The number of rotatable bonds is 17. The van der Waals surface area contributed by atoms with Crippen LogP contribution in [0.3, 0.4) is 0 Å². The summed E-state index contributed by atoms with van der Waals surface area (Å²) in [5.41, 5.74) is -0.776. The molecular weight excluding hydrogens is 633 g/mol. The summed E-state index contributed by atoms with van der Waals surface area (Å²) in [5.74, 6) is 0.115. The van der Waals surface area contributed by atoms with Crippen LogP contribution < -0.4 is 4.74 Å². The number of furan rings is 1. The molecule has 6 nitrogen and oxygen atoms in total. The highest BCUT2D eigenvalue weighted by molar-refractivity contribution is 5.84. The van der Waals surface area contributed by atoms with Crippen molar-refractivity contribution in [2.24, 2.45) is 22.2 Å². The van der Waals surface area contributed by atoms with Crippen LogP contribution in [0.1, 0.15) is 111 Å². The van der Waals surface area contributed by atoms with Crippen molar-refractivity contribution in [3.8, 4) is 17.1 Å². The molecule has 2 aromatic carbocycles. The third kappa shape index (κ3) is 11.5. The summed E-state index contributed by atoms with van der Waals surface area (Å²) in [5, 5.41) is 21.2. The van der Waals surface area contributed by atoms with Gasteiger partial charge in [0.1, 0.15) is 23.7 Å². The lowest BCUT2D eigenvalue weighted by Gasteiger charge is -2.43. The molecule has 0 amide bonds. The van der Waals surface area contributed by atoms with E-state index in [1.165, 1.54) is 12.1 Å². The largest absolute Gasteiger partial charge is 0.493 e. The lowest BCUT2D eigenvalue weighted by atomic mass is 9.61. The molecule has 0 saturated heterocycles. The number of carbonyl (C=O) groups excluding carboxylic acids is 1. The maximum Gasteiger partial charge on any atom is 0.417 e. The van der Waals surface area contributed by atoms with Crippen molar-refractivity contribution >= 4 is 16.9 Å². The molecule has 0 aliphatic heterocycles. The second kappa shape index (κ2) is 16.8. The minimum atomic E-state index is -4.52. The van der Waals surface area contributed by atoms with Crippen LogP contribution in [0.25, 0.3) is 22.3 Å². The maximum atomic E-state index is 14.0. The molecule has 0 spiro atoms. The van der Waals surface area contributed by atoms with Crippen LogP contribution in [0, 0.1) is 22.2 Å². The Balaban J connectivity index is 1.56. The first-order valence-electron chi connectivity index (χ1n) is 17.6. The topological polar surface area (TPSA) is 89.1 Å². The highest BCUT2D eigenvalue weighted by Crippen LogP contribution is 2.47. The van der Waals surface area contributed by atoms with Crippen molar-refractivity contribution in [1.82, 2.24) is 0 Å². The van der Waals surface area contributed by atoms with E-state index < -0.39 is 23.3 Å². The quantitative estimate of drug-likeness (QED) is 0.108. The number of aryl methyl sites for hydroxylation is 1. The molecule has 274 valence electrons. The van der Waals surface area contributed by atoms with Gasteiger partial charge in [-0.05, 0) is 92.0 Å². The number of aliphatic hydroxyl groups excluding tert-OH is 2. The number of unbranched alkanes of at least 4 members (excludes halogenated alkanes) is 2. The third-order valence-electron chi connectivity index (χ3n) is 9.50. The maximum absolute atomic E-state index is 14.0. The number of aliphatic hydroxyl groups is 2. The number of ether oxygens (including phenoxy) is 2. The zero-order chi connectivity index (χ0) is 36.6. The van der Waals surface area contributed by atoms with Gasteiger partial charge < -0.3 is 24.1 Å². The summed E-state index contributed by atoms with van der Waals surface area (Å²) in [7, 11) is 0. The predicted octanol–water partition coefficient (Wildman–Crippen LogP) is 10.4. The first kappa shape index (κ1) is 40.4. The highest BCUT2D eigenvalue weighted by atomic mass is 19.4. The van der Waals surface area contributed by atoms with Gasteiger partial charge in [-0.3, -0.25) is 4.79 Å². The van der Waals surface area contributed by atoms with Gasteiger partial charge in [0.05, 0.1) is 23.7 Å². The Morgan fingerprint density at radius 2 is 1.65 bits per heavy atom. The smallest absolute Gasteiger partial charge is 0.417 e. The number of alkyl halides is 3. The van der Waals surface area contributed by atoms with E-state index >= 15 is 0 Å². The van der Waals surface area contributed by atoms with Crippen LogP contribution in [0.4, 0.5) is 13.2 Å². The summed E-state index contributed by atoms with van der Waals surface area (Å²) in [6.45, 7) is 16.4. The number of hydrogen-bond donors (Lipinski definition) is 2. The molecule has 3 unspecified atom stereocenters. The second-order valence-corrected chi connectivity index (χ2v) is 16.0. The molecule has 0 fully saturated rings. The molecule has 3 rings (SSSR count). The van der Waals surface area contributed by atoms with E-state index in [9.17, 15) is 28.2 Å². The van der Waals surface area contributed by atoms with Crippen molar-refractivity contribution in [2.75, 3.05) is 19.8 Å². The van der Waals surface area contributed by atoms with Crippen LogP contribution in [0.2, 0.25) is 0 Å². The van der Waals surface area contributed by atoms with Gasteiger partial charge in [-0.15, -0.1) is 0 Å². The Hall–Kier alpha value is -3.04. The van der Waals surface area contributed by atoms with E-state index in [0.29, 0.717) is 54.6 Å². The Morgan fingerprint density at radius 1 is 0.939 bits per heavy atom. The van der Waals surface area contributed by atoms with Crippen molar-refractivity contribution in [3.63, 3.8) is 0 Å². The zero-order valence-corrected chi connectivity index (χ0v) is 30.6. The number of esters is 1. The fourth-order valence-corrected chi connectivity index (χ4v) is 6.34. The van der Waals surface area contributed by atoms with Gasteiger partial charge in [0, 0.05) is 23.6 Å². The molecule has 0 aliphatic carbocycles. The molecule has 0 bridgehead atoms. The average Bonchev–Trinajstić information content (AvgIpc) is 3.43. The van der Waals surface area contributed by atoms with Gasteiger partial charge in [-0.1, -0.05) is 73.4 Å². The number of benzene rings is 2. The zero-order valence-electron chi connectivity index (χ0n) is 30.6. The fourth-order valence-electron chi connectivity index (χ4n) is 6.34. The van der Waals surface area contributed by atoms with Gasteiger partial charge in [-0.25, -0.2) is 0 Å². The van der Waals surface area contributed by atoms with Crippen LogP contribution in [0.5, 0.6) is 5.75 Å². The Morgan fingerprint density at radius 3 is 2.27 bits per heavy atom. The van der Waals surface area contributed by atoms with E-state index in [1.54, 1.807) is 30.3 Å². The number of halogens is 3. The van der Waals surface area contributed by atoms with Gasteiger partial charge in [-0.2, -0.15) is 13.2 Å². The highest BCUT2D eigenvalue weighted by Gasteiger charge is 2.47. The van der Waals surface area contributed by atoms with E-state index in [2.05, 4.69) is 27.7 Å². The van der Waals surface area contributed by atoms with Crippen molar-refractivity contribution in [1.29, 1.82) is 0 Å². The van der Waals surface area contributed by atoms with E-state index in [4.69, 9.17) is 13.9 Å². The lowest BCUT2D eigenvalue weighted by Crippen LogP contribution is -2.45. The standard InChI is InChI=1S/C40H57F3O6/c1-9-10-11-13-27-15-18-32(33(21-27)40(41,42)43)35-22-29-16-17-31(23-34(29)49-35)47-19-12-14-28(24-44)20-30(45)25-48-36(46)39(8,38(5,6)7)26-37(2,3)4/h15-18,21-23,28,30,44-45H,9-14,19-20,24-26H2,1-8H3. The summed E-state index contributed by atoms with van der Waals surface area (Å²) in [6.07, 6.45) is 0.0576. The van der Waals surface area contributed by atoms with Crippen molar-refractivity contribution in [2.45, 2.75) is 119 Å². The van der Waals surface area contributed by atoms with Crippen LogP contribution in [-0.2, 0) is 22.1 Å². The van der Waals surface area contributed by atoms with Crippen LogP contribution in [-0.4, -0.2) is 42.1 Å². The molecule has 1 heterocycles. The van der Waals surface area contributed by atoms with E-state index in [-0.39, 0.29) is 53.7 Å². The Bertz CT molecular complexity index is 1500. The molecule has 3 atom stereocenters. The number of fused-ring (bicyclic) bond motifs is 1. The molecule has 9 heteroatoms. The Kier molecular flexibility index (Phi) is 13.8. The van der Waals surface area contributed by atoms with Gasteiger partial charge >= 0.3 is 12.1 Å². The normalized spacial score (nSPS) is 15.2. The van der Waals surface area contributed by atoms with Crippen molar-refractivity contribution < 1.29 is 42.1 Å². The third-order valence-corrected chi connectivity index (χ3v) is 9.50. The minimum Gasteiger partial charge on any atom is -0.493 e. The molecule has 3 aromatic rings. The van der Waals surface area contributed by atoms with Crippen molar-refractivity contribution in [3.05, 3.63) is 53.6 Å². The van der Waals surface area contributed by atoms with Crippen LogP contribution in [0.15, 0.2) is 46.9 Å². The summed E-state index contributed by atoms with van der Waals surface area (Å²) in [6, 6.07) is 11.2. The molecule has 0 radical (unpaired) electrons. The second-order valence-electron chi connectivity index (χ2n) is 16.0. The fraction of sp³-hybridized carbons (Fsp3) is 0.625. The van der Waals surface area contributed by atoms with E-state index in [0.717, 1.165) is 19.3 Å². The number of hydrogen-bond acceptors (Lipinski definition) is 6. The lowest BCUT2D eigenvalue weighted by molar-refractivity contribution is -0.168. The minimum absolute atomic E-state index is 0.00513. The summed E-state index contributed by atoms with van der Waals surface area (Å²) >= 11 is 0. The van der Waals surface area contributed by atoms with Crippen LogP contribution >= 0.6 is 0 Å². The monoisotopic (exact) mass is 690 g/mol. The SMILES string of the molecule is CCCCCc1ccc(-c2cc3ccc(OCCCC(CO)CC(O)COC(=O)C(C)(CC(C)(C)C)C(C)(C)C)cc3o2)c(C(F)(F)F)c1. The Labute approximate surface area is 290 Å².